The maximum absolute atomic E-state index is 12.3. The number of carbonyl (C=O) groups excluding carboxylic acids is 1. The van der Waals surface area contributed by atoms with Gasteiger partial charge in [-0.2, -0.15) is 0 Å². The average Bonchev–Trinajstić information content (AvgIpc) is 2.51. The zero-order chi connectivity index (χ0) is 15.8. The van der Waals surface area contributed by atoms with Gasteiger partial charge in [-0.1, -0.05) is 39.0 Å². The Balaban J connectivity index is 2.66. The number of para-hydroxylation sites is 1. The molecule has 1 amide bonds. The first-order valence-electron chi connectivity index (χ1n) is 7.61. The van der Waals surface area contributed by atoms with Gasteiger partial charge in [-0.15, -0.1) is 11.8 Å². The van der Waals surface area contributed by atoms with Crippen molar-refractivity contribution in [3.63, 3.8) is 0 Å². The molecule has 1 rings (SSSR count). The predicted octanol–water partition coefficient (Wildman–Crippen LogP) is 3.89. The van der Waals surface area contributed by atoms with Crippen molar-refractivity contribution in [3.05, 3.63) is 29.8 Å². The molecule has 0 fully saturated rings. The molecule has 3 unspecified atom stereocenters. The SMILES string of the molecule is CCC(C)c1ccccc1NC(=O)C(C)SCC(C)CO. The number of rotatable bonds is 8. The lowest BCUT2D eigenvalue weighted by molar-refractivity contribution is -0.115. The summed E-state index contributed by atoms with van der Waals surface area (Å²) >= 11 is 1.58. The first-order valence-corrected chi connectivity index (χ1v) is 8.66. The molecule has 1 aromatic rings. The van der Waals surface area contributed by atoms with E-state index in [4.69, 9.17) is 5.11 Å². The van der Waals surface area contributed by atoms with Crippen LogP contribution in [0.5, 0.6) is 0 Å². The summed E-state index contributed by atoms with van der Waals surface area (Å²) in [5.74, 6) is 1.47. The highest BCUT2D eigenvalue weighted by Gasteiger charge is 2.17. The number of aliphatic hydroxyl groups excluding tert-OH is 1. The maximum atomic E-state index is 12.3. The second-order valence-corrected chi connectivity index (χ2v) is 7.02. The van der Waals surface area contributed by atoms with Gasteiger partial charge in [0, 0.05) is 12.3 Å². The van der Waals surface area contributed by atoms with E-state index in [1.165, 1.54) is 5.56 Å². The van der Waals surface area contributed by atoms with Gasteiger partial charge in [0.1, 0.15) is 0 Å². The summed E-state index contributed by atoms with van der Waals surface area (Å²) in [6.45, 7) is 8.38. The smallest absolute Gasteiger partial charge is 0.237 e. The lowest BCUT2D eigenvalue weighted by atomic mass is 9.97. The molecule has 0 saturated carbocycles. The van der Waals surface area contributed by atoms with Crippen LogP contribution in [0.4, 0.5) is 5.69 Å². The van der Waals surface area contributed by atoms with Crippen molar-refractivity contribution in [1.29, 1.82) is 0 Å². The summed E-state index contributed by atoms with van der Waals surface area (Å²) in [6, 6.07) is 8.01. The molecule has 0 bridgehead atoms. The van der Waals surface area contributed by atoms with Gasteiger partial charge in [0.25, 0.3) is 0 Å². The predicted molar refractivity (Wildman–Crippen MR) is 91.9 cm³/mol. The van der Waals surface area contributed by atoms with Crippen LogP contribution in [-0.4, -0.2) is 28.6 Å². The molecule has 0 heterocycles. The van der Waals surface area contributed by atoms with Crippen LogP contribution in [0.2, 0.25) is 0 Å². The fourth-order valence-corrected chi connectivity index (χ4v) is 2.86. The Hall–Kier alpha value is -1.000. The quantitative estimate of drug-likeness (QED) is 0.766. The molecule has 0 aliphatic heterocycles. The van der Waals surface area contributed by atoms with E-state index in [1.807, 2.05) is 32.0 Å². The van der Waals surface area contributed by atoms with Crippen molar-refractivity contribution < 1.29 is 9.90 Å². The first-order chi connectivity index (χ1) is 9.99. The third-order valence-corrected chi connectivity index (χ3v) is 5.15. The lowest BCUT2D eigenvalue weighted by Crippen LogP contribution is -2.24. The molecule has 118 valence electrons. The van der Waals surface area contributed by atoms with Crippen LogP contribution in [0.25, 0.3) is 0 Å². The standard InChI is InChI=1S/C17H27NO2S/c1-5-13(3)15-8-6-7-9-16(15)18-17(20)14(4)21-11-12(2)10-19/h6-9,12-14,19H,5,10-11H2,1-4H3,(H,18,20). The number of benzene rings is 1. The number of aliphatic hydroxyl groups is 1. The molecule has 21 heavy (non-hydrogen) atoms. The molecular formula is C17H27NO2S. The van der Waals surface area contributed by atoms with Crippen molar-refractivity contribution in [2.45, 2.75) is 45.3 Å². The third-order valence-electron chi connectivity index (χ3n) is 3.67. The Bertz CT molecular complexity index is 450. The van der Waals surface area contributed by atoms with Crippen molar-refractivity contribution in [2.75, 3.05) is 17.7 Å². The number of thioether (sulfide) groups is 1. The van der Waals surface area contributed by atoms with Gasteiger partial charge in [0.2, 0.25) is 5.91 Å². The fraction of sp³-hybridized carbons (Fsp3) is 0.588. The Kier molecular flexibility index (Phi) is 7.83. The summed E-state index contributed by atoms with van der Waals surface area (Å²) in [5, 5.41) is 12.0. The second-order valence-electron chi connectivity index (χ2n) is 5.65. The van der Waals surface area contributed by atoms with Gasteiger partial charge in [0.15, 0.2) is 0 Å². The van der Waals surface area contributed by atoms with E-state index >= 15 is 0 Å². The van der Waals surface area contributed by atoms with E-state index in [0.29, 0.717) is 5.92 Å². The summed E-state index contributed by atoms with van der Waals surface area (Å²) < 4.78 is 0. The maximum Gasteiger partial charge on any atom is 0.237 e. The molecular weight excluding hydrogens is 282 g/mol. The van der Waals surface area contributed by atoms with E-state index in [2.05, 4.69) is 25.2 Å². The first kappa shape index (κ1) is 18.1. The van der Waals surface area contributed by atoms with Gasteiger partial charge in [-0.05, 0) is 42.6 Å². The van der Waals surface area contributed by atoms with E-state index < -0.39 is 0 Å². The minimum atomic E-state index is -0.121. The number of nitrogens with one attached hydrogen (secondary N) is 1. The third kappa shape index (κ3) is 5.71. The molecule has 0 aromatic heterocycles. The summed E-state index contributed by atoms with van der Waals surface area (Å²) in [7, 11) is 0. The number of hydrogen-bond donors (Lipinski definition) is 2. The number of amides is 1. The molecule has 0 aliphatic rings. The largest absolute Gasteiger partial charge is 0.396 e. The van der Waals surface area contributed by atoms with Gasteiger partial charge < -0.3 is 10.4 Å². The number of carbonyl (C=O) groups is 1. The lowest BCUT2D eigenvalue weighted by Gasteiger charge is -2.18. The van der Waals surface area contributed by atoms with Gasteiger partial charge in [0.05, 0.1) is 5.25 Å². The second kappa shape index (κ2) is 9.11. The normalized spacial score (nSPS) is 15.3. The van der Waals surface area contributed by atoms with Gasteiger partial charge in [-0.25, -0.2) is 0 Å². The zero-order valence-electron chi connectivity index (χ0n) is 13.4. The van der Waals surface area contributed by atoms with Gasteiger partial charge >= 0.3 is 0 Å². The molecule has 2 N–H and O–H groups in total. The fourth-order valence-electron chi connectivity index (χ4n) is 1.93. The van der Waals surface area contributed by atoms with Crippen molar-refractivity contribution >= 4 is 23.4 Å². The van der Waals surface area contributed by atoms with E-state index in [9.17, 15) is 4.79 Å². The molecule has 0 spiro atoms. The number of hydrogen-bond acceptors (Lipinski definition) is 3. The highest BCUT2D eigenvalue weighted by molar-refractivity contribution is 8.00. The molecule has 3 atom stereocenters. The van der Waals surface area contributed by atoms with Gasteiger partial charge in [-0.3, -0.25) is 4.79 Å². The van der Waals surface area contributed by atoms with Crippen LogP contribution in [0.3, 0.4) is 0 Å². The van der Waals surface area contributed by atoms with E-state index in [-0.39, 0.29) is 23.7 Å². The molecule has 0 aliphatic carbocycles. The minimum absolute atomic E-state index is 0.0286. The Labute approximate surface area is 132 Å². The van der Waals surface area contributed by atoms with Crippen LogP contribution < -0.4 is 5.32 Å². The highest BCUT2D eigenvalue weighted by Crippen LogP contribution is 2.27. The highest BCUT2D eigenvalue weighted by atomic mass is 32.2. The monoisotopic (exact) mass is 309 g/mol. The minimum Gasteiger partial charge on any atom is -0.396 e. The molecule has 3 nitrogen and oxygen atoms in total. The molecule has 1 aromatic carbocycles. The van der Waals surface area contributed by atoms with Crippen LogP contribution >= 0.6 is 11.8 Å². The Morgan fingerprint density at radius 2 is 1.95 bits per heavy atom. The van der Waals surface area contributed by atoms with Crippen LogP contribution in [0.15, 0.2) is 24.3 Å². The van der Waals surface area contributed by atoms with Crippen LogP contribution in [0, 0.1) is 5.92 Å². The molecule has 0 saturated heterocycles. The Morgan fingerprint density at radius 1 is 1.29 bits per heavy atom. The zero-order valence-corrected chi connectivity index (χ0v) is 14.2. The van der Waals surface area contributed by atoms with Crippen molar-refractivity contribution in [3.8, 4) is 0 Å². The average molecular weight is 309 g/mol. The molecule has 4 heteroatoms. The van der Waals surface area contributed by atoms with E-state index in [1.54, 1.807) is 11.8 Å². The summed E-state index contributed by atoms with van der Waals surface area (Å²) in [5.41, 5.74) is 2.11. The van der Waals surface area contributed by atoms with Crippen molar-refractivity contribution in [1.82, 2.24) is 0 Å². The summed E-state index contributed by atoms with van der Waals surface area (Å²) in [4.78, 5) is 12.3. The Morgan fingerprint density at radius 3 is 2.57 bits per heavy atom. The topological polar surface area (TPSA) is 49.3 Å². The van der Waals surface area contributed by atoms with Crippen LogP contribution in [-0.2, 0) is 4.79 Å². The van der Waals surface area contributed by atoms with E-state index in [0.717, 1.165) is 17.9 Å². The summed E-state index contributed by atoms with van der Waals surface area (Å²) in [6.07, 6.45) is 1.05. The number of anilines is 1. The molecule has 0 radical (unpaired) electrons. The van der Waals surface area contributed by atoms with Crippen LogP contribution in [0.1, 0.15) is 45.6 Å². The van der Waals surface area contributed by atoms with Crippen molar-refractivity contribution in [2.24, 2.45) is 5.92 Å².